The molecule has 2 aliphatic rings. The van der Waals surface area contributed by atoms with E-state index < -0.39 is 10.0 Å². The van der Waals surface area contributed by atoms with Crippen LogP contribution in [-0.4, -0.2) is 24.6 Å². The average molecular weight is 361 g/mol. The van der Waals surface area contributed by atoms with Crippen molar-refractivity contribution >= 4 is 10.0 Å². The Hall–Kier alpha value is -1.73. The maximum absolute atomic E-state index is 12.6. The van der Waals surface area contributed by atoms with Gasteiger partial charge in [-0.1, -0.05) is 36.9 Å². The van der Waals surface area contributed by atoms with Gasteiger partial charge >= 0.3 is 0 Å². The highest BCUT2D eigenvalue weighted by molar-refractivity contribution is 7.89. The van der Waals surface area contributed by atoms with E-state index in [4.69, 9.17) is 4.52 Å². The van der Waals surface area contributed by atoms with E-state index in [0.29, 0.717) is 17.4 Å². The van der Waals surface area contributed by atoms with E-state index in [-0.39, 0.29) is 10.9 Å². The summed E-state index contributed by atoms with van der Waals surface area (Å²) in [7, 11) is -3.52. The van der Waals surface area contributed by atoms with Crippen molar-refractivity contribution in [2.75, 3.05) is 0 Å². The number of hydrogen-bond acceptors (Lipinski definition) is 5. The summed E-state index contributed by atoms with van der Waals surface area (Å²) in [4.78, 5) is 4.74. The second-order valence-corrected chi connectivity index (χ2v) is 8.78. The van der Waals surface area contributed by atoms with E-state index in [1.165, 1.54) is 12.8 Å². The molecule has 0 amide bonds. The van der Waals surface area contributed by atoms with Gasteiger partial charge in [-0.25, -0.2) is 13.1 Å². The molecule has 0 aliphatic heterocycles. The van der Waals surface area contributed by atoms with Crippen molar-refractivity contribution in [1.82, 2.24) is 14.9 Å². The van der Waals surface area contributed by atoms with Gasteiger partial charge in [0, 0.05) is 17.5 Å². The summed E-state index contributed by atoms with van der Waals surface area (Å²) in [5.74, 6) is 1.50. The minimum Gasteiger partial charge on any atom is -0.334 e. The van der Waals surface area contributed by atoms with Gasteiger partial charge in [0.15, 0.2) is 5.82 Å². The number of sulfonamides is 1. The summed E-state index contributed by atoms with van der Waals surface area (Å²) in [5.41, 5.74) is 0.644. The Morgan fingerprint density at radius 2 is 1.76 bits per heavy atom. The van der Waals surface area contributed by atoms with Crippen LogP contribution in [-0.2, 0) is 10.0 Å². The number of benzene rings is 1. The van der Waals surface area contributed by atoms with E-state index in [1.54, 1.807) is 24.3 Å². The van der Waals surface area contributed by atoms with Crippen LogP contribution < -0.4 is 4.72 Å². The highest BCUT2D eigenvalue weighted by Crippen LogP contribution is 2.33. The number of hydrogen-bond donors (Lipinski definition) is 1. The van der Waals surface area contributed by atoms with Crippen LogP contribution in [0.3, 0.4) is 0 Å². The fourth-order valence-electron chi connectivity index (χ4n) is 3.83. The fourth-order valence-corrected chi connectivity index (χ4v) is 5.18. The second-order valence-electron chi connectivity index (χ2n) is 7.07. The molecule has 1 aromatic carbocycles. The molecule has 2 aliphatic carbocycles. The van der Waals surface area contributed by atoms with Crippen molar-refractivity contribution in [2.24, 2.45) is 0 Å². The molecule has 2 aromatic rings. The van der Waals surface area contributed by atoms with Gasteiger partial charge in [0.1, 0.15) is 0 Å². The molecule has 134 valence electrons. The molecule has 2 saturated carbocycles. The van der Waals surface area contributed by atoms with Crippen LogP contribution in [0.15, 0.2) is 33.7 Å². The second kappa shape index (κ2) is 6.88. The molecule has 1 N–H and O–H groups in total. The molecule has 0 atom stereocenters. The Morgan fingerprint density at radius 3 is 2.52 bits per heavy atom. The third-order valence-corrected chi connectivity index (χ3v) is 6.75. The zero-order chi connectivity index (χ0) is 17.3. The minimum absolute atomic E-state index is 0.0472. The Balaban J connectivity index is 1.56. The Kier molecular flexibility index (Phi) is 4.60. The minimum atomic E-state index is -3.52. The smallest absolute Gasteiger partial charge is 0.257 e. The Bertz CT molecular complexity index is 835. The van der Waals surface area contributed by atoms with Crippen molar-refractivity contribution < 1.29 is 12.9 Å². The summed E-state index contributed by atoms with van der Waals surface area (Å²) in [6, 6.07) is 6.79. The normalized spacial score (nSPS) is 19.7. The maximum Gasteiger partial charge on any atom is 0.257 e. The lowest BCUT2D eigenvalue weighted by Gasteiger charge is -2.12. The first kappa shape index (κ1) is 16.7. The van der Waals surface area contributed by atoms with Gasteiger partial charge in [0.25, 0.3) is 5.89 Å². The molecular formula is C18H23N3O3S. The predicted octanol–water partition coefficient (Wildman–Crippen LogP) is 3.62. The van der Waals surface area contributed by atoms with E-state index in [9.17, 15) is 8.42 Å². The summed E-state index contributed by atoms with van der Waals surface area (Å²) in [6.45, 7) is 0. The first-order chi connectivity index (χ1) is 12.1. The molecule has 0 radical (unpaired) electrons. The Morgan fingerprint density at radius 1 is 1.04 bits per heavy atom. The zero-order valence-electron chi connectivity index (χ0n) is 14.1. The van der Waals surface area contributed by atoms with Crippen molar-refractivity contribution in [1.29, 1.82) is 0 Å². The van der Waals surface area contributed by atoms with E-state index in [1.807, 2.05) is 0 Å². The third kappa shape index (κ3) is 3.62. The molecular weight excluding hydrogens is 338 g/mol. The molecule has 4 rings (SSSR count). The Labute approximate surface area is 148 Å². The van der Waals surface area contributed by atoms with Crippen LogP contribution in [0.4, 0.5) is 0 Å². The van der Waals surface area contributed by atoms with Gasteiger partial charge < -0.3 is 4.52 Å². The first-order valence-electron chi connectivity index (χ1n) is 9.08. The lowest BCUT2D eigenvalue weighted by molar-refractivity contribution is 0.415. The summed E-state index contributed by atoms with van der Waals surface area (Å²) in [6.07, 6.45) is 8.58. The lowest BCUT2D eigenvalue weighted by atomic mass is 10.1. The molecule has 2 fully saturated rings. The standard InChI is InChI=1S/C18H23N3O3S/c22-25(23,21-15-9-3-4-10-15)16-11-5-8-14(12-16)18-19-17(20-24-18)13-6-1-2-7-13/h5,8,11-13,15,21H,1-4,6-7,9-10H2. The predicted molar refractivity (Wildman–Crippen MR) is 93.5 cm³/mol. The zero-order valence-corrected chi connectivity index (χ0v) is 15.0. The molecule has 25 heavy (non-hydrogen) atoms. The van der Waals surface area contributed by atoms with Gasteiger partial charge in [-0.05, 0) is 43.9 Å². The quantitative estimate of drug-likeness (QED) is 0.879. The number of nitrogens with zero attached hydrogens (tertiary/aromatic N) is 2. The molecule has 0 saturated heterocycles. The topological polar surface area (TPSA) is 85.1 Å². The molecule has 7 heteroatoms. The van der Waals surface area contributed by atoms with Crippen molar-refractivity contribution in [3.8, 4) is 11.5 Å². The largest absolute Gasteiger partial charge is 0.334 e. The van der Waals surface area contributed by atoms with Crippen molar-refractivity contribution in [3.05, 3.63) is 30.1 Å². The van der Waals surface area contributed by atoms with Gasteiger partial charge in [0.2, 0.25) is 10.0 Å². The van der Waals surface area contributed by atoms with Crippen LogP contribution in [0.5, 0.6) is 0 Å². The molecule has 0 spiro atoms. The molecule has 1 aromatic heterocycles. The highest BCUT2D eigenvalue weighted by Gasteiger charge is 2.25. The number of nitrogens with one attached hydrogen (secondary N) is 1. The van der Waals surface area contributed by atoms with Gasteiger partial charge in [-0.15, -0.1) is 0 Å². The number of aromatic nitrogens is 2. The summed E-state index contributed by atoms with van der Waals surface area (Å²) < 4.78 is 33.4. The van der Waals surface area contributed by atoms with Crippen LogP contribution in [0.1, 0.15) is 63.1 Å². The van der Waals surface area contributed by atoms with Crippen LogP contribution in [0.2, 0.25) is 0 Å². The average Bonchev–Trinajstić information content (AvgIpc) is 3.36. The van der Waals surface area contributed by atoms with Gasteiger partial charge in [-0.3, -0.25) is 0 Å². The SMILES string of the molecule is O=S(=O)(NC1CCCC1)c1cccc(-c2nc(C3CCCC3)no2)c1. The molecule has 6 nitrogen and oxygen atoms in total. The molecule has 0 bridgehead atoms. The number of rotatable bonds is 5. The van der Waals surface area contributed by atoms with Gasteiger partial charge in [0.05, 0.1) is 4.90 Å². The summed E-state index contributed by atoms with van der Waals surface area (Å²) in [5, 5.41) is 4.10. The van der Waals surface area contributed by atoms with Crippen LogP contribution >= 0.6 is 0 Å². The third-order valence-electron chi connectivity index (χ3n) is 5.23. The van der Waals surface area contributed by atoms with Crippen LogP contribution in [0, 0.1) is 0 Å². The summed E-state index contributed by atoms with van der Waals surface area (Å²) >= 11 is 0. The van der Waals surface area contributed by atoms with E-state index in [0.717, 1.165) is 44.3 Å². The molecule has 0 unspecified atom stereocenters. The lowest BCUT2D eigenvalue weighted by Crippen LogP contribution is -2.32. The van der Waals surface area contributed by atoms with Crippen molar-refractivity contribution in [3.63, 3.8) is 0 Å². The van der Waals surface area contributed by atoms with E-state index >= 15 is 0 Å². The maximum atomic E-state index is 12.6. The van der Waals surface area contributed by atoms with E-state index in [2.05, 4.69) is 14.9 Å². The van der Waals surface area contributed by atoms with Gasteiger partial charge in [-0.2, -0.15) is 4.98 Å². The fraction of sp³-hybridized carbons (Fsp3) is 0.556. The monoisotopic (exact) mass is 361 g/mol. The molecule has 1 heterocycles. The van der Waals surface area contributed by atoms with Crippen molar-refractivity contribution in [2.45, 2.75) is 68.2 Å². The van der Waals surface area contributed by atoms with Crippen LogP contribution in [0.25, 0.3) is 11.5 Å². The first-order valence-corrected chi connectivity index (χ1v) is 10.6. The highest BCUT2D eigenvalue weighted by atomic mass is 32.2.